The Morgan fingerprint density at radius 1 is 1.16 bits per heavy atom. The summed E-state index contributed by atoms with van der Waals surface area (Å²) in [4.78, 5) is 38.7. The lowest BCUT2D eigenvalue weighted by molar-refractivity contribution is -0.384. The minimum absolute atomic E-state index is 0.0266. The Bertz CT molecular complexity index is 1160. The van der Waals surface area contributed by atoms with E-state index in [4.69, 9.17) is 11.6 Å². The number of carbonyl (C=O) groups excluding carboxylic acids is 2. The van der Waals surface area contributed by atoms with Gasteiger partial charge in [-0.2, -0.15) is 0 Å². The van der Waals surface area contributed by atoms with Crippen LogP contribution in [0, 0.1) is 21.3 Å². The number of non-ortho nitro benzene ring substituents is 1. The maximum atomic E-state index is 13.7. The van der Waals surface area contributed by atoms with Crippen LogP contribution in [0.15, 0.2) is 53.7 Å². The Morgan fingerprint density at radius 3 is 2.58 bits per heavy atom. The van der Waals surface area contributed by atoms with E-state index in [0.29, 0.717) is 35.4 Å². The smallest absolute Gasteiger partial charge is 0.269 e. The molecule has 160 valence electrons. The molecule has 2 aromatic rings. The van der Waals surface area contributed by atoms with Crippen molar-refractivity contribution in [1.29, 1.82) is 0 Å². The van der Waals surface area contributed by atoms with Gasteiger partial charge in [0.25, 0.3) is 5.69 Å². The molecule has 8 heteroatoms. The summed E-state index contributed by atoms with van der Waals surface area (Å²) in [5.41, 5.74) is 1.52. The van der Waals surface area contributed by atoms with Crippen LogP contribution in [0.25, 0.3) is 0 Å². The zero-order valence-electron chi connectivity index (χ0n) is 17.0. The lowest BCUT2D eigenvalue weighted by atomic mass is 9.69. The Kier molecular flexibility index (Phi) is 5.17. The fourth-order valence-electron chi connectivity index (χ4n) is 4.48. The summed E-state index contributed by atoms with van der Waals surface area (Å²) in [7, 11) is 0. The molecule has 0 saturated heterocycles. The second-order valence-corrected chi connectivity index (χ2v) is 9.14. The number of Topliss-reactive ketones (excluding diaryl/α,β-unsaturated/α-hetero) is 1. The molecule has 0 aromatic heterocycles. The first-order chi connectivity index (χ1) is 14.6. The first-order valence-electron chi connectivity index (χ1n) is 9.86. The molecule has 1 aliphatic heterocycles. The molecule has 0 N–H and O–H groups in total. The van der Waals surface area contributed by atoms with Gasteiger partial charge in [0.2, 0.25) is 5.91 Å². The molecule has 1 amide bonds. The summed E-state index contributed by atoms with van der Waals surface area (Å²) in [6.07, 6.45) is 0.741. The number of ketones is 1. The topological polar surface area (TPSA) is 80.5 Å². The van der Waals surface area contributed by atoms with Gasteiger partial charge in [0, 0.05) is 42.2 Å². The van der Waals surface area contributed by atoms with Gasteiger partial charge in [0.1, 0.15) is 5.82 Å². The molecule has 0 fully saturated rings. The summed E-state index contributed by atoms with van der Waals surface area (Å²) >= 11 is 5.95. The number of amides is 1. The highest BCUT2D eigenvalue weighted by atomic mass is 35.5. The van der Waals surface area contributed by atoms with E-state index < -0.39 is 16.7 Å². The summed E-state index contributed by atoms with van der Waals surface area (Å²) in [6.45, 7) is 3.90. The highest BCUT2D eigenvalue weighted by Gasteiger charge is 2.44. The highest BCUT2D eigenvalue weighted by Crippen LogP contribution is 2.48. The van der Waals surface area contributed by atoms with E-state index >= 15 is 0 Å². The number of anilines is 1. The Labute approximate surface area is 183 Å². The van der Waals surface area contributed by atoms with Gasteiger partial charge >= 0.3 is 0 Å². The number of rotatable bonds is 3. The molecule has 0 saturated carbocycles. The van der Waals surface area contributed by atoms with Gasteiger partial charge in [-0.05, 0) is 35.6 Å². The maximum absolute atomic E-state index is 13.7. The van der Waals surface area contributed by atoms with Crippen molar-refractivity contribution in [3.63, 3.8) is 0 Å². The van der Waals surface area contributed by atoms with Crippen LogP contribution in [-0.2, 0) is 9.59 Å². The lowest BCUT2D eigenvalue weighted by Crippen LogP contribution is -2.43. The van der Waals surface area contributed by atoms with Crippen LogP contribution >= 0.6 is 11.6 Å². The molecule has 31 heavy (non-hydrogen) atoms. The van der Waals surface area contributed by atoms with Crippen molar-refractivity contribution in [2.45, 2.75) is 39.0 Å². The average Bonchev–Trinajstić information content (AvgIpc) is 2.68. The van der Waals surface area contributed by atoms with Gasteiger partial charge in [-0.3, -0.25) is 24.6 Å². The lowest BCUT2D eigenvalue weighted by Gasteiger charge is -2.43. The zero-order chi connectivity index (χ0) is 22.5. The minimum atomic E-state index is -0.599. The molecule has 6 nitrogen and oxygen atoms in total. The van der Waals surface area contributed by atoms with Gasteiger partial charge < -0.3 is 0 Å². The second kappa shape index (κ2) is 7.57. The van der Waals surface area contributed by atoms with Gasteiger partial charge in [-0.1, -0.05) is 37.6 Å². The van der Waals surface area contributed by atoms with Crippen molar-refractivity contribution in [3.05, 3.63) is 80.3 Å². The van der Waals surface area contributed by atoms with Crippen LogP contribution in [0.3, 0.4) is 0 Å². The Hall–Kier alpha value is -3.06. The van der Waals surface area contributed by atoms with E-state index in [9.17, 15) is 24.1 Å². The number of hydrogen-bond donors (Lipinski definition) is 0. The predicted molar refractivity (Wildman–Crippen MR) is 114 cm³/mol. The van der Waals surface area contributed by atoms with E-state index in [0.717, 1.165) is 0 Å². The summed E-state index contributed by atoms with van der Waals surface area (Å²) in [5.74, 6) is -1.53. The van der Waals surface area contributed by atoms with Crippen LogP contribution in [-0.4, -0.2) is 16.6 Å². The largest absolute Gasteiger partial charge is 0.294 e. The number of benzene rings is 2. The molecule has 0 radical (unpaired) electrons. The van der Waals surface area contributed by atoms with E-state index in [-0.39, 0.29) is 34.2 Å². The van der Waals surface area contributed by atoms with Gasteiger partial charge in [-0.15, -0.1) is 0 Å². The first-order valence-corrected chi connectivity index (χ1v) is 10.2. The van der Waals surface area contributed by atoms with E-state index in [2.05, 4.69) is 0 Å². The van der Waals surface area contributed by atoms with Gasteiger partial charge in [0.15, 0.2) is 5.78 Å². The number of nitro benzene ring substituents is 1. The van der Waals surface area contributed by atoms with Crippen molar-refractivity contribution >= 4 is 34.7 Å². The Balaban J connectivity index is 1.90. The third-order valence-corrected chi connectivity index (χ3v) is 6.08. The fraction of sp³-hybridized carbons (Fsp3) is 0.304. The molecule has 2 aliphatic rings. The third kappa shape index (κ3) is 3.85. The van der Waals surface area contributed by atoms with Crippen molar-refractivity contribution in [2.75, 3.05) is 4.90 Å². The number of carbonyl (C=O) groups is 2. The molecule has 1 heterocycles. The van der Waals surface area contributed by atoms with Crippen molar-refractivity contribution < 1.29 is 18.9 Å². The zero-order valence-corrected chi connectivity index (χ0v) is 17.8. The summed E-state index contributed by atoms with van der Waals surface area (Å²) in [6, 6.07) is 10.1. The number of allylic oxidation sites excluding steroid dienone is 2. The molecular weight excluding hydrogens is 423 g/mol. The normalized spacial score (nSPS) is 20.6. The fourth-order valence-corrected chi connectivity index (χ4v) is 4.65. The van der Waals surface area contributed by atoms with Crippen LogP contribution in [0.4, 0.5) is 15.8 Å². The highest BCUT2D eigenvalue weighted by molar-refractivity contribution is 6.31. The van der Waals surface area contributed by atoms with Crippen LogP contribution in [0.5, 0.6) is 0 Å². The molecular formula is C23H20ClFN2O4. The maximum Gasteiger partial charge on any atom is 0.269 e. The van der Waals surface area contributed by atoms with Gasteiger partial charge in [0.05, 0.1) is 15.6 Å². The molecule has 1 atom stereocenters. The number of nitrogens with zero attached hydrogens (tertiary/aromatic N) is 2. The number of hydrogen-bond acceptors (Lipinski definition) is 4. The molecule has 0 spiro atoms. The monoisotopic (exact) mass is 442 g/mol. The first kappa shape index (κ1) is 21.2. The van der Waals surface area contributed by atoms with Crippen LogP contribution < -0.4 is 4.90 Å². The number of halogens is 2. The van der Waals surface area contributed by atoms with E-state index in [1.807, 2.05) is 13.8 Å². The molecule has 0 bridgehead atoms. The third-order valence-electron chi connectivity index (χ3n) is 5.79. The Morgan fingerprint density at radius 2 is 1.90 bits per heavy atom. The number of nitro groups is 1. The quantitative estimate of drug-likeness (QED) is 0.461. The van der Waals surface area contributed by atoms with Crippen molar-refractivity contribution in [2.24, 2.45) is 5.41 Å². The predicted octanol–water partition coefficient (Wildman–Crippen LogP) is 5.55. The standard InChI is InChI=1S/C23H20ClFN2O4/c1-23(2)11-19-22(20(28)12-23)16(13-4-3-5-15(8-13)27(30)31)10-21(29)26(19)14-6-7-18(25)17(24)9-14/h3-9,16H,10-12H2,1-2H3. The van der Waals surface area contributed by atoms with Gasteiger partial charge in [-0.25, -0.2) is 4.39 Å². The van der Waals surface area contributed by atoms with Crippen LogP contribution in [0.2, 0.25) is 5.02 Å². The minimum Gasteiger partial charge on any atom is -0.294 e. The van der Waals surface area contributed by atoms with Crippen LogP contribution in [0.1, 0.15) is 44.6 Å². The molecule has 1 unspecified atom stereocenters. The average molecular weight is 443 g/mol. The SMILES string of the molecule is CC1(C)CC(=O)C2=C(C1)N(c1ccc(F)c(Cl)c1)C(=O)CC2c1cccc([N+](=O)[O-])c1. The van der Waals surface area contributed by atoms with E-state index in [1.165, 1.54) is 35.2 Å². The van der Waals surface area contributed by atoms with Crippen molar-refractivity contribution in [1.82, 2.24) is 0 Å². The van der Waals surface area contributed by atoms with E-state index in [1.54, 1.807) is 12.1 Å². The van der Waals surface area contributed by atoms with Crippen molar-refractivity contribution in [3.8, 4) is 0 Å². The molecule has 1 aliphatic carbocycles. The summed E-state index contributed by atoms with van der Waals surface area (Å²) < 4.78 is 13.7. The molecule has 4 rings (SSSR count). The second-order valence-electron chi connectivity index (χ2n) is 8.74. The summed E-state index contributed by atoms with van der Waals surface area (Å²) in [5, 5.41) is 11.1. The molecule has 2 aromatic carbocycles.